The second kappa shape index (κ2) is 12.2. The fraction of sp³-hybridized carbons (Fsp3) is 0.708. The predicted octanol–water partition coefficient (Wildman–Crippen LogP) is 3.84. The lowest BCUT2D eigenvalue weighted by Gasteiger charge is -2.36. The molecule has 1 saturated carbocycles. The molecule has 2 saturated heterocycles. The average Bonchev–Trinajstić information content (AvgIpc) is 3.45. The first kappa shape index (κ1) is 23.8. The Morgan fingerprint density at radius 2 is 1.70 bits per heavy atom. The number of hydrogen-bond donors (Lipinski definition) is 2. The molecule has 5 nitrogen and oxygen atoms in total. The van der Waals surface area contributed by atoms with Crippen LogP contribution in [-0.4, -0.2) is 67.1 Å². The van der Waals surface area contributed by atoms with E-state index in [-0.39, 0.29) is 24.0 Å². The molecular formula is C24H40IN5. The van der Waals surface area contributed by atoms with E-state index in [4.69, 9.17) is 0 Å². The number of halogens is 1. The quantitative estimate of drug-likeness (QED) is 0.337. The summed E-state index contributed by atoms with van der Waals surface area (Å²) in [6, 6.07) is 12.9. The van der Waals surface area contributed by atoms with Gasteiger partial charge in [-0.1, -0.05) is 43.2 Å². The molecule has 2 N–H and O–H groups in total. The summed E-state index contributed by atoms with van der Waals surface area (Å²) in [5, 5.41) is 7.32. The third kappa shape index (κ3) is 6.57. The molecule has 1 aromatic rings. The normalized spacial score (nSPS) is 24.7. The highest BCUT2D eigenvalue weighted by molar-refractivity contribution is 14.0. The lowest BCUT2D eigenvalue weighted by molar-refractivity contribution is 0.150. The molecule has 3 aliphatic rings. The number of hydrogen-bond acceptors (Lipinski definition) is 3. The van der Waals surface area contributed by atoms with Gasteiger partial charge < -0.3 is 15.5 Å². The molecule has 6 heteroatoms. The Morgan fingerprint density at radius 1 is 0.967 bits per heavy atom. The van der Waals surface area contributed by atoms with Crippen LogP contribution in [0.25, 0.3) is 0 Å². The van der Waals surface area contributed by atoms with Crippen molar-refractivity contribution in [1.82, 2.24) is 20.4 Å². The minimum Gasteiger partial charge on any atom is -0.355 e. The van der Waals surface area contributed by atoms with Crippen LogP contribution >= 0.6 is 24.0 Å². The molecule has 0 radical (unpaired) electrons. The van der Waals surface area contributed by atoms with Gasteiger partial charge in [-0.2, -0.15) is 0 Å². The summed E-state index contributed by atoms with van der Waals surface area (Å²) in [6.45, 7) is 5.72. The van der Waals surface area contributed by atoms with E-state index >= 15 is 0 Å². The van der Waals surface area contributed by atoms with Gasteiger partial charge in [0, 0.05) is 51.4 Å². The Hall–Kier alpha value is -0.860. The van der Waals surface area contributed by atoms with E-state index in [2.05, 4.69) is 55.8 Å². The smallest absolute Gasteiger partial charge is 0.191 e. The second-order valence-corrected chi connectivity index (χ2v) is 9.10. The maximum absolute atomic E-state index is 4.51. The van der Waals surface area contributed by atoms with Crippen molar-refractivity contribution in [2.45, 2.75) is 76.0 Å². The molecule has 1 aliphatic carbocycles. The van der Waals surface area contributed by atoms with Crippen LogP contribution in [0.15, 0.2) is 35.3 Å². The van der Waals surface area contributed by atoms with Crippen LogP contribution < -0.4 is 10.6 Å². The number of rotatable bonds is 6. The maximum atomic E-state index is 4.51. The highest BCUT2D eigenvalue weighted by atomic mass is 127. The number of aliphatic imine (C=N–C) groups is 1. The third-order valence-electron chi connectivity index (χ3n) is 7.17. The van der Waals surface area contributed by atoms with Crippen molar-refractivity contribution < 1.29 is 0 Å². The van der Waals surface area contributed by atoms with Gasteiger partial charge >= 0.3 is 0 Å². The Kier molecular flexibility index (Phi) is 9.71. The van der Waals surface area contributed by atoms with Gasteiger partial charge in [0.05, 0.1) is 0 Å². The molecule has 0 amide bonds. The highest BCUT2D eigenvalue weighted by Gasteiger charge is 2.28. The van der Waals surface area contributed by atoms with Crippen molar-refractivity contribution >= 4 is 29.9 Å². The molecule has 2 heterocycles. The minimum absolute atomic E-state index is 0. The first-order chi connectivity index (χ1) is 14.3. The minimum atomic E-state index is 0. The van der Waals surface area contributed by atoms with Gasteiger partial charge in [0.25, 0.3) is 0 Å². The monoisotopic (exact) mass is 525 g/mol. The number of piperidine rings is 1. The third-order valence-corrected chi connectivity index (χ3v) is 7.17. The Balaban J connectivity index is 0.00000256. The SMILES string of the molecule is CN=C(NCC1CCCN1Cc1ccccc1)NC1CCN(C2CCCC2)CC1.I. The Morgan fingerprint density at radius 3 is 2.40 bits per heavy atom. The molecule has 1 aromatic carbocycles. The standard InChI is InChI=1S/C24H39N5.HI/c1-25-24(27-21-13-16-28(17-14-21)22-10-5-6-11-22)26-18-23-12-7-15-29(23)19-20-8-3-2-4-9-20;/h2-4,8-9,21-23H,5-7,10-19H2,1H3,(H2,25,26,27);1H. The molecule has 1 atom stereocenters. The Bertz CT molecular complexity index is 638. The van der Waals surface area contributed by atoms with Gasteiger partial charge in [-0.15, -0.1) is 24.0 Å². The largest absolute Gasteiger partial charge is 0.355 e. The molecule has 168 valence electrons. The number of likely N-dealkylation sites (tertiary alicyclic amines) is 2. The van der Waals surface area contributed by atoms with Crippen molar-refractivity contribution in [2.75, 3.05) is 33.2 Å². The topological polar surface area (TPSA) is 42.9 Å². The summed E-state index contributed by atoms with van der Waals surface area (Å²) < 4.78 is 0. The van der Waals surface area contributed by atoms with Gasteiger partial charge in [0.15, 0.2) is 5.96 Å². The molecule has 4 rings (SSSR count). The van der Waals surface area contributed by atoms with Crippen molar-refractivity contribution in [3.8, 4) is 0 Å². The zero-order valence-electron chi connectivity index (χ0n) is 18.6. The predicted molar refractivity (Wildman–Crippen MR) is 137 cm³/mol. The van der Waals surface area contributed by atoms with Crippen LogP contribution in [0.4, 0.5) is 0 Å². The van der Waals surface area contributed by atoms with E-state index < -0.39 is 0 Å². The first-order valence-corrected chi connectivity index (χ1v) is 11.8. The van der Waals surface area contributed by atoms with Crippen molar-refractivity contribution in [1.29, 1.82) is 0 Å². The molecule has 0 spiro atoms. The molecule has 30 heavy (non-hydrogen) atoms. The maximum Gasteiger partial charge on any atom is 0.191 e. The fourth-order valence-electron chi connectivity index (χ4n) is 5.43. The zero-order chi connectivity index (χ0) is 19.9. The van der Waals surface area contributed by atoms with Gasteiger partial charge in [-0.25, -0.2) is 0 Å². The zero-order valence-corrected chi connectivity index (χ0v) is 20.9. The number of nitrogens with one attached hydrogen (secondary N) is 2. The van der Waals surface area contributed by atoms with Gasteiger partial charge in [0.1, 0.15) is 0 Å². The lowest BCUT2D eigenvalue weighted by atomic mass is 10.0. The van der Waals surface area contributed by atoms with Gasteiger partial charge in [-0.3, -0.25) is 9.89 Å². The molecule has 2 aliphatic heterocycles. The Labute approximate surface area is 200 Å². The van der Waals surface area contributed by atoms with Crippen molar-refractivity contribution in [3.63, 3.8) is 0 Å². The van der Waals surface area contributed by atoms with Crippen LogP contribution in [0.2, 0.25) is 0 Å². The molecule has 0 aromatic heterocycles. The van der Waals surface area contributed by atoms with Crippen LogP contribution in [0, 0.1) is 0 Å². The van der Waals surface area contributed by atoms with Crippen LogP contribution in [-0.2, 0) is 6.54 Å². The van der Waals surface area contributed by atoms with E-state index in [9.17, 15) is 0 Å². The summed E-state index contributed by atoms with van der Waals surface area (Å²) in [5.74, 6) is 0.982. The molecule has 0 bridgehead atoms. The number of guanidine groups is 1. The van der Waals surface area contributed by atoms with E-state index in [1.807, 2.05) is 7.05 Å². The molecule has 3 fully saturated rings. The summed E-state index contributed by atoms with van der Waals surface area (Å²) in [4.78, 5) is 9.87. The van der Waals surface area contributed by atoms with Crippen molar-refractivity contribution in [2.24, 2.45) is 4.99 Å². The summed E-state index contributed by atoms with van der Waals surface area (Å²) >= 11 is 0. The molecule has 1 unspecified atom stereocenters. The number of benzene rings is 1. The fourth-order valence-corrected chi connectivity index (χ4v) is 5.43. The van der Waals surface area contributed by atoms with Gasteiger partial charge in [0.2, 0.25) is 0 Å². The van der Waals surface area contributed by atoms with Crippen LogP contribution in [0.3, 0.4) is 0 Å². The van der Waals surface area contributed by atoms with E-state index in [1.54, 1.807) is 0 Å². The first-order valence-electron chi connectivity index (χ1n) is 11.8. The lowest BCUT2D eigenvalue weighted by Crippen LogP contribution is -2.51. The van der Waals surface area contributed by atoms with E-state index in [0.717, 1.165) is 25.1 Å². The number of nitrogens with zero attached hydrogens (tertiary/aromatic N) is 3. The van der Waals surface area contributed by atoms with E-state index in [0.29, 0.717) is 12.1 Å². The van der Waals surface area contributed by atoms with Crippen LogP contribution in [0.1, 0.15) is 56.9 Å². The van der Waals surface area contributed by atoms with Crippen LogP contribution in [0.5, 0.6) is 0 Å². The second-order valence-electron chi connectivity index (χ2n) is 9.10. The van der Waals surface area contributed by atoms with Crippen molar-refractivity contribution in [3.05, 3.63) is 35.9 Å². The summed E-state index contributed by atoms with van der Waals surface area (Å²) in [7, 11) is 1.90. The van der Waals surface area contributed by atoms with E-state index in [1.165, 1.54) is 76.6 Å². The van der Waals surface area contributed by atoms with Gasteiger partial charge in [-0.05, 0) is 50.6 Å². The average molecular weight is 526 g/mol. The summed E-state index contributed by atoms with van der Waals surface area (Å²) in [6.07, 6.45) is 10.7. The highest BCUT2D eigenvalue weighted by Crippen LogP contribution is 2.26. The molecular weight excluding hydrogens is 485 g/mol. The summed E-state index contributed by atoms with van der Waals surface area (Å²) in [5.41, 5.74) is 1.41.